The Bertz CT molecular complexity index is 1010. The number of thioether (sulfide) groups is 2. The second kappa shape index (κ2) is 21.7. The third kappa shape index (κ3) is 16.6. The van der Waals surface area contributed by atoms with Gasteiger partial charge in [-0.1, -0.05) is 61.5 Å². The number of benzene rings is 1. The van der Waals surface area contributed by atoms with Crippen LogP contribution in [-0.4, -0.2) is 23.7 Å². The molecule has 0 amide bonds. The van der Waals surface area contributed by atoms with Gasteiger partial charge in [-0.15, -0.1) is 11.3 Å². The van der Waals surface area contributed by atoms with Crippen molar-refractivity contribution in [1.82, 2.24) is 0 Å². The van der Waals surface area contributed by atoms with Gasteiger partial charge in [0.1, 0.15) is 11.5 Å². The maximum atomic E-state index is 6.04. The molecule has 0 atom stereocenters. The molecule has 0 bridgehead atoms. The van der Waals surface area contributed by atoms with E-state index in [1.54, 1.807) is 34.9 Å². The Balaban J connectivity index is 0.000000993. The van der Waals surface area contributed by atoms with Crippen molar-refractivity contribution < 1.29 is 26.0 Å². The first kappa shape index (κ1) is 40.1. The van der Waals surface area contributed by atoms with Gasteiger partial charge in [0.2, 0.25) is 0 Å². The maximum Gasteiger partial charge on any atom is 0.125 e. The molecule has 0 fully saturated rings. The maximum absolute atomic E-state index is 6.04. The molecule has 10 heteroatoms. The predicted octanol–water partition coefficient (Wildman–Crippen LogP) is 10.0. The van der Waals surface area contributed by atoms with E-state index in [0.717, 1.165) is 43.3 Å². The van der Waals surface area contributed by atoms with Gasteiger partial charge in [-0.2, -0.15) is 41.8 Å². The SMILES string of the molecule is CC(C)CCOc1ccc(OCCC(C)C)c(/C([S-])=C(/[S-])c2cccs2)c1.CC(C)S/C([S-])=C(/[S-])SC(C)C.[Ni]. The Hall–Kier alpha value is 0.0735. The van der Waals surface area contributed by atoms with Crippen molar-refractivity contribution in [2.75, 3.05) is 13.2 Å². The molecule has 2 nitrogen and oxygen atoms in total. The first-order valence-corrected chi connectivity index (χ1v) is 17.5. The number of hydrogen-bond donors (Lipinski definition) is 0. The van der Waals surface area contributed by atoms with Crippen LogP contribution in [0.5, 0.6) is 11.5 Å². The van der Waals surface area contributed by atoms with Crippen molar-refractivity contribution >= 4 is 95.2 Å². The van der Waals surface area contributed by atoms with E-state index in [2.05, 4.69) is 55.4 Å². The van der Waals surface area contributed by atoms with E-state index in [1.165, 1.54) is 0 Å². The van der Waals surface area contributed by atoms with Crippen molar-refractivity contribution in [1.29, 1.82) is 0 Å². The van der Waals surface area contributed by atoms with Crippen LogP contribution >= 0.6 is 34.9 Å². The predicted molar refractivity (Wildman–Crippen MR) is 189 cm³/mol. The van der Waals surface area contributed by atoms with Crippen LogP contribution in [0.2, 0.25) is 0 Å². The van der Waals surface area contributed by atoms with Gasteiger partial charge in [0.15, 0.2) is 0 Å². The van der Waals surface area contributed by atoms with Gasteiger partial charge >= 0.3 is 0 Å². The fourth-order valence-corrected chi connectivity index (χ4v) is 6.99. The Morgan fingerprint density at radius 1 is 0.750 bits per heavy atom. The van der Waals surface area contributed by atoms with Crippen LogP contribution in [0.1, 0.15) is 78.7 Å². The summed E-state index contributed by atoms with van der Waals surface area (Å²) in [6.45, 7) is 18.6. The summed E-state index contributed by atoms with van der Waals surface area (Å²) in [5.41, 5.74) is 0.842. The van der Waals surface area contributed by atoms with Crippen LogP contribution in [0.25, 0.3) is 9.81 Å². The quantitative estimate of drug-likeness (QED) is 0.140. The van der Waals surface area contributed by atoms with Gasteiger partial charge in [0.25, 0.3) is 0 Å². The second-order valence-corrected chi connectivity index (χ2v) is 16.5. The van der Waals surface area contributed by atoms with Gasteiger partial charge < -0.3 is 60.0 Å². The summed E-state index contributed by atoms with van der Waals surface area (Å²) in [5.74, 6) is 2.77. The molecule has 0 unspecified atom stereocenters. The third-order valence-corrected chi connectivity index (χ3v) is 10.2. The molecule has 2 aromatic rings. The standard InChI is InChI=1S/C22H30O2S3.C8H16S4.Ni/c1-15(2)9-11-23-17-7-8-19(24-12-10-16(3)4)18(14-17)21(25)22(26)20-6-5-13-27-20;1-5(2)11-7(9)8(10)12-6(3)4;/h5-8,13-16,25-26H,9-12H2,1-4H3;5-6,9-10H,1-4H3;/p-4/b22-21-;8-7-;. The molecule has 0 N–H and O–H groups in total. The third-order valence-electron chi connectivity index (χ3n) is 4.92. The second-order valence-electron chi connectivity index (χ2n) is 10.3. The fraction of sp³-hybridized carbons (Fsp3) is 0.533. The van der Waals surface area contributed by atoms with Gasteiger partial charge in [0.05, 0.1) is 13.2 Å². The van der Waals surface area contributed by atoms with Gasteiger partial charge in [0, 0.05) is 31.9 Å². The Labute approximate surface area is 288 Å². The van der Waals surface area contributed by atoms with E-state index in [9.17, 15) is 0 Å². The summed E-state index contributed by atoms with van der Waals surface area (Å²) >= 11 is 26.6. The molecule has 2 rings (SSSR count). The van der Waals surface area contributed by atoms with Crippen LogP contribution < -0.4 is 9.47 Å². The molecule has 1 heterocycles. The summed E-state index contributed by atoms with van der Waals surface area (Å²) in [6, 6.07) is 9.85. The number of thiophene rings is 1. The minimum absolute atomic E-state index is 0. The minimum Gasteiger partial charge on any atom is -0.780 e. The smallest absolute Gasteiger partial charge is 0.125 e. The zero-order valence-corrected chi connectivity index (χ0v) is 31.3. The molecule has 0 aliphatic rings. The molecule has 0 spiro atoms. The molecule has 230 valence electrons. The van der Waals surface area contributed by atoms with Crippen molar-refractivity contribution in [2.24, 2.45) is 11.8 Å². The van der Waals surface area contributed by atoms with Crippen molar-refractivity contribution in [3.63, 3.8) is 0 Å². The van der Waals surface area contributed by atoms with Crippen molar-refractivity contribution in [2.45, 2.75) is 78.7 Å². The topological polar surface area (TPSA) is 18.5 Å². The summed E-state index contributed by atoms with van der Waals surface area (Å²) in [6.07, 6.45) is 2.01. The van der Waals surface area contributed by atoms with E-state index >= 15 is 0 Å². The molecule has 0 aliphatic carbocycles. The van der Waals surface area contributed by atoms with Crippen LogP contribution in [0, 0.1) is 11.8 Å². The Morgan fingerprint density at radius 2 is 1.27 bits per heavy atom. The average Bonchev–Trinajstić information content (AvgIpc) is 3.38. The van der Waals surface area contributed by atoms with E-state index in [1.807, 2.05) is 35.7 Å². The summed E-state index contributed by atoms with van der Waals surface area (Å²) in [4.78, 5) is 2.34. The average molecular weight is 718 g/mol. The zero-order chi connectivity index (χ0) is 29.5. The molecule has 1 aromatic carbocycles. The van der Waals surface area contributed by atoms with Crippen molar-refractivity contribution in [3.05, 3.63) is 54.6 Å². The monoisotopic (exact) mass is 716 g/mol. The van der Waals surface area contributed by atoms with E-state index in [0.29, 0.717) is 45.4 Å². The van der Waals surface area contributed by atoms with Crippen LogP contribution in [0.4, 0.5) is 0 Å². The molecule has 40 heavy (non-hydrogen) atoms. The summed E-state index contributed by atoms with van der Waals surface area (Å²) in [7, 11) is 0. The van der Waals surface area contributed by atoms with Gasteiger partial charge in [-0.3, -0.25) is 0 Å². The van der Waals surface area contributed by atoms with Gasteiger partial charge in [-0.05, 0) is 59.9 Å². The van der Waals surface area contributed by atoms with E-state index < -0.39 is 0 Å². The Morgan fingerprint density at radius 3 is 1.73 bits per heavy atom. The van der Waals surface area contributed by atoms with Crippen molar-refractivity contribution in [3.8, 4) is 11.5 Å². The molecule has 1 aromatic heterocycles. The van der Waals surface area contributed by atoms with E-state index in [4.69, 9.17) is 60.0 Å². The molecule has 0 saturated carbocycles. The number of rotatable bonds is 14. The Kier molecular flexibility index (Phi) is 21.8. The summed E-state index contributed by atoms with van der Waals surface area (Å²) in [5, 5.41) is 3.07. The molecule has 0 aliphatic heterocycles. The van der Waals surface area contributed by atoms with E-state index in [-0.39, 0.29) is 16.5 Å². The summed E-state index contributed by atoms with van der Waals surface area (Å²) < 4.78 is 13.7. The molecular formula is C30H42NiO2S7-4. The van der Waals surface area contributed by atoms with Crippen LogP contribution in [0.3, 0.4) is 0 Å². The molecule has 0 saturated heterocycles. The first-order chi connectivity index (χ1) is 18.3. The van der Waals surface area contributed by atoms with Crippen LogP contribution in [-0.2, 0) is 67.0 Å². The van der Waals surface area contributed by atoms with Crippen LogP contribution in [0.15, 0.2) is 44.2 Å². The minimum atomic E-state index is 0. The van der Waals surface area contributed by atoms with Gasteiger partial charge in [-0.25, -0.2) is 0 Å². The largest absolute Gasteiger partial charge is 0.780 e. The number of ether oxygens (including phenoxy) is 2. The fourth-order valence-electron chi connectivity index (χ4n) is 2.89. The molecular weight excluding hydrogens is 675 g/mol. The normalized spacial score (nSPS) is 12.5. The number of hydrogen-bond acceptors (Lipinski definition) is 9. The first-order valence-electron chi connectivity index (χ1n) is 13.3. The zero-order valence-electron chi connectivity index (χ0n) is 24.6. The molecule has 0 radical (unpaired) electrons.